The van der Waals surface area contributed by atoms with E-state index in [0.717, 1.165) is 16.7 Å². The second kappa shape index (κ2) is 11.9. The van der Waals surface area contributed by atoms with E-state index in [-0.39, 0.29) is 24.8 Å². The van der Waals surface area contributed by atoms with Gasteiger partial charge in [0.15, 0.2) is 17.3 Å². The molecule has 0 aliphatic carbocycles. The van der Waals surface area contributed by atoms with Crippen LogP contribution >= 0.6 is 0 Å². The Morgan fingerprint density at radius 3 is 1.65 bits per heavy atom. The molecule has 0 saturated carbocycles. The molecule has 37 heavy (non-hydrogen) atoms. The van der Waals surface area contributed by atoms with Crippen LogP contribution in [-0.4, -0.2) is 51.0 Å². The number of benzene rings is 3. The van der Waals surface area contributed by atoms with E-state index in [9.17, 15) is 9.59 Å². The van der Waals surface area contributed by atoms with E-state index in [4.69, 9.17) is 14.2 Å². The molecule has 3 aromatic carbocycles. The number of likely N-dealkylation sites (tertiary alicyclic amines) is 1. The summed E-state index contributed by atoms with van der Waals surface area (Å²) in [4.78, 5) is 28.3. The Labute approximate surface area is 217 Å². The lowest BCUT2D eigenvalue weighted by Crippen LogP contribution is -2.40. The van der Waals surface area contributed by atoms with Crippen LogP contribution in [0.3, 0.4) is 0 Å². The highest BCUT2D eigenvalue weighted by molar-refractivity contribution is 6.15. The maximum Gasteiger partial charge on any atom is 0.247 e. The van der Waals surface area contributed by atoms with E-state index in [2.05, 4.69) is 0 Å². The zero-order valence-corrected chi connectivity index (χ0v) is 21.1. The highest BCUT2D eigenvalue weighted by Crippen LogP contribution is 2.38. The van der Waals surface area contributed by atoms with Crippen molar-refractivity contribution in [2.75, 3.05) is 34.4 Å². The third kappa shape index (κ3) is 6.16. The van der Waals surface area contributed by atoms with Gasteiger partial charge in [0.2, 0.25) is 11.7 Å². The molecule has 1 aliphatic rings. The molecule has 6 heteroatoms. The van der Waals surface area contributed by atoms with Crippen molar-refractivity contribution in [3.05, 3.63) is 107 Å². The summed E-state index contributed by atoms with van der Waals surface area (Å²) in [6, 6.07) is 22.8. The van der Waals surface area contributed by atoms with Crippen LogP contribution in [0.5, 0.6) is 17.2 Å². The Balaban J connectivity index is 1.64. The molecule has 3 aromatic rings. The summed E-state index contributed by atoms with van der Waals surface area (Å²) >= 11 is 0. The summed E-state index contributed by atoms with van der Waals surface area (Å²) in [5, 5.41) is 0. The van der Waals surface area contributed by atoms with Gasteiger partial charge < -0.3 is 19.1 Å². The standard InChI is InChI=1S/C31H29NO5/c1-35-27-18-24(19-28(36-2)31(27)37-3)14-15-29(33)32-20-25(16-22-10-6-4-7-11-22)30(34)26(21-32)17-23-12-8-5-9-13-23/h4-19H,20-21H2,1-3H3/b15-14+,25-16+,26-17+. The van der Waals surface area contributed by atoms with Gasteiger partial charge in [0.1, 0.15) is 0 Å². The lowest BCUT2D eigenvalue weighted by Gasteiger charge is -2.29. The average molecular weight is 496 g/mol. The highest BCUT2D eigenvalue weighted by Gasteiger charge is 2.28. The van der Waals surface area contributed by atoms with Crippen LogP contribution in [0.25, 0.3) is 18.2 Å². The minimum Gasteiger partial charge on any atom is -0.493 e. The number of carbonyl (C=O) groups excluding carboxylic acids is 2. The minimum absolute atomic E-state index is 0.0506. The van der Waals surface area contributed by atoms with Gasteiger partial charge in [-0.25, -0.2) is 0 Å². The molecule has 1 saturated heterocycles. The van der Waals surface area contributed by atoms with Gasteiger partial charge in [-0.15, -0.1) is 0 Å². The molecule has 0 atom stereocenters. The molecule has 1 fully saturated rings. The molecule has 1 amide bonds. The SMILES string of the molecule is COc1cc(/C=C/C(=O)N2C/C(=C\c3ccccc3)C(=O)/C(=C/c3ccccc3)C2)cc(OC)c1OC. The number of ketones is 1. The van der Waals surface area contributed by atoms with Crippen molar-refractivity contribution in [1.29, 1.82) is 0 Å². The number of rotatable bonds is 7. The van der Waals surface area contributed by atoms with Crippen LogP contribution in [0.1, 0.15) is 16.7 Å². The number of piperidine rings is 1. The normalized spacial score (nSPS) is 15.9. The molecule has 0 bridgehead atoms. The summed E-state index contributed by atoms with van der Waals surface area (Å²) in [6.45, 7) is 0.441. The minimum atomic E-state index is -0.209. The van der Waals surface area contributed by atoms with Gasteiger partial charge in [0.05, 0.1) is 34.4 Å². The van der Waals surface area contributed by atoms with Gasteiger partial charge in [0, 0.05) is 17.2 Å². The van der Waals surface area contributed by atoms with Gasteiger partial charge >= 0.3 is 0 Å². The molecule has 1 aliphatic heterocycles. The number of methoxy groups -OCH3 is 3. The number of carbonyl (C=O) groups is 2. The average Bonchev–Trinajstić information content (AvgIpc) is 2.94. The van der Waals surface area contributed by atoms with Gasteiger partial charge in [0.25, 0.3) is 0 Å². The van der Waals surface area contributed by atoms with E-state index in [1.165, 1.54) is 13.2 Å². The van der Waals surface area contributed by atoms with Crippen molar-refractivity contribution < 1.29 is 23.8 Å². The first-order valence-electron chi connectivity index (χ1n) is 11.8. The maximum atomic E-state index is 13.4. The van der Waals surface area contributed by atoms with Crippen LogP contribution in [0.2, 0.25) is 0 Å². The van der Waals surface area contributed by atoms with Crippen LogP contribution in [0.15, 0.2) is 90.0 Å². The lowest BCUT2D eigenvalue weighted by atomic mass is 9.94. The quantitative estimate of drug-likeness (QED) is 0.416. The molecule has 0 aromatic heterocycles. The molecule has 188 valence electrons. The van der Waals surface area contributed by atoms with E-state index >= 15 is 0 Å². The van der Waals surface area contributed by atoms with Crippen molar-refractivity contribution >= 4 is 29.9 Å². The zero-order valence-electron chi connectivity index (χ0n) is 21.1. The highest BCUT2D eigenvalue weighted by atomic mass is 16.5. The molecule has 4 rings (SSSR count). The van der Waals surface area contributed by atoms with Crippen molar-refractivity contribution in [2.45, 2.75) is 0 Å². The Hall–Kier alpha value is -4.58. The largest absolute Gasteiger partial charge is 0.493 e. The third-order valence-electron chi connectivity index (χ3n) is 6.00. The fourth-order valence-electron chi connectivity index (χ4n) is 4.17. The molecule has 0 radical (unpaired) electrons. The predicted octanol–water partition coefficient (Wildman–Crippen LogP) is 5.30. The first kappa shape index (κ1) is 25.5. The number of hydrogen-bond donors (Lipinski definition) is 0. The predicted molar refractivity (Wildman–Crippen MR) is 146 cm³/mol. The Morgan fingerprint density at radius 2 is 1.22 bits per heavy atom. The fourth-order valence-corrected chi connectivity index (χ4v) is 4.17. The fraction of sp³-hybridized carbons (Fsp3) is 0.161. The van der Waals surface area contributed by atoms with Gasteiger partial charge in [-0.2, -0.15) is 0 Å². The Bertz CT molecular complexity index is 1270. The number of hydrogen-bond acceptors (Lipinski definition) is 5. The third-order valence-corrected chi connectivity index (χ3v) is 6.00. The van der Waals surface area contributed by atoms with Gasteiger partial charge in [-0.1, -0.05) is 60.7 Å². The Morgan fingerprint density at radius 1 is 0.730 bits per heavy atom. The Kier molecular flexibility index (Phi) is 8.21. The summed E-state index contributed by atoms with van der Waals surface area (Å²) in [7, 11) is 4.63. The van der Waals surface area contributed by atoms with Crippen LogP contribution < -0.4 is 14.2 Å². The monoisotopic (exact) mass is 495 g/mol. The van der Waals surface area contributed by atoms with Crippen molar-refractivity contribution in [1.82, 2.24) is 4.90 Å². The van der Waals surface area contributed by atoms with E-state index in [1.807, 2.05) is 72.8 Å². The number of ether oxygens (including phenoxy) is 3. The zero-order chi connectivity index (χ0) is 26.2. The van der Waals surface area contributed by atoms with Crippen molar-refractivity contribution in [2.24, 2.45) is 0 Å². The summed E-state index contributed by atoms with van der Waals surface area (Å²) in [5.74, 6) is 1.22. The van der Waals surface area contributed by atoms with Crippen molar-refractivity contribution in [3.63, 3.8) is 0 Å². The number of amides is 1. The second-order valence-electron chi connectivity index (χ2n) is 8.48. The first-order chi connectivity index (χ1) is 18.0. The summed E-state index contributed by atoms with van der Waals surface area (Å²) in [5.41, 5.74) is 3.67. The van der Waals surface area contributed by atoms with Crippen LogP contribution in [-0.2, 0) is 9.59 Å². The molecule has 0 N–H and O–H groups in total. The second-order valence-corrected chi connectivity index (χ2v) is 8.48. The molecular formula is C31H29NO5. The number of nitrogens with zero attached hydrogens (tertiary/aromatic N) is 1. The lowest BCUT2D eigenvalue weighted by molar-refractivity contribution is -0.126. The van der Waals surface area contributed by atoms with E-state index < -0.39 is 0 Å². The summed E-state index contributed by atoms with van der Waals surface area (Å²) in [6.07, 6.45) is 6.90. The number of Topliss-reactive ketones (excluding diaryl/α,β-unsaturated/α-hetero) is 1. The van der Waals surface area contributed by atoms with E-state index in [0.29, 0.717) is 28.4 Å². The molecule has 0 spiro atoms. The molecule has 0 unspecified atom stereocenters. The van der Waals surface area contributed by atoms with E-state index in [1.54, 1.807) is 37.3 Å². The first-order valence-corrected chi connectivity index (χ1v) is 11.8. The topological polar surface area (TPSA) is 65.1 Å². The van der Waals surface area contributed by atoms with Gasteiger partial charge in [-0.05, 0) is 47.1 Å². The molecular weight excluding hydrogens is 466 g/mol. The van der Waals surface area contributed by atoms with Gasteiger partial charge in [-0.3, -0.25) is 9.59 Å². The van der Waals surface area contributed by atoms with Crippen molar-refractivity contribution in [3.8, 4) is 17.2 Å². The molecule has 6 nitrogen and oxygen atoms in total. The van der Waals surface area contributed by atoms with Crippen LogP contribution in [0.4, 0.5) is 0 Å². The summed E-state index contributed by atoms with van der Waals surface area (Å²) < 4.78 is 16.2. The maximum absolute atomic E-state index is 13.4. The molecule has 1 heterocycles. The smallest absolute Gasteiger partial charge is 0.247 e. The van der Waals surface area contributed by atoms with Crippen LogP contribution in [0, 0.1) is 0 Å².